The van der Waals surface area contributed by atoms with Gasteiger partial charge in [-0.1, -0.05) is 19.8 Å². The number of amides is 1. The number of carbonyl (C=O) groups is 1. The van der Waals surface area contributed by atoms with Gasteiger partial charge in [-0.15, -0.1) is 0 Å². The third kappa shape index (κ3) is 4.27. The van der Waals surface area contributed by atoms with Gasteiger partial charge in [0.2, 0.25) is 0 Å². The normalized spacial score (nSPS) is 25.1. The molecule has 5 nitrogen and oxygen atoms in total. The first-order valence-corrected chi connectivity index (χ1v) is 6.95. The minimum atomic E-state index is -1.70. The molecule has 1 aliphatic rings. The van der Waals surface area contributed by atoms with Crippen molar-refractivity contribution in [2.75, 3.05) is 6.61 Å². The Kier molecular flexibility index (Phi) is 4.94. The predicted molar refractivity (Wildman–Crippen MR) is 65.5 cm³/mol. The van der Waals surface area contributed by atoms with E-state index in [4.69, 9.17) is 8.92 Å². The van der Waals surface area contributed by atoms with E-state index in [1.54, 1.807) is 20.8 Å². The summed E-state index contributed by atoms with van der Waals surface area (Å²) in [5.74, 6) is 0. The minimum absolute atomic E-state index is 0.134. The SMILES string of the molecule is CCCC[C@H]1COS(=O)N1C(=O)OC(C)(C)C. The summed E-state index contributed by atoms with van der Waals surface area (Å²) in [6.45, 7) is 7.75. The Morgan fingerprint density at radius 1 is 1.53 bits per heavy atom. The van der Waals surface area contributed by atoms with Crippen LogP contribution >= 0.6 is 0 Å². The zero-order chi connectivity index (χ0) is 13.1. The van der Waals surface area contributed by atoms with Gasteiger partial charge in [0, 0.05) is 0 Å². The van der Waals surface area contributed by atoms with Gasteiger partial charge in [0.1, 0.15) is 5.60 Å². The number of nitrogens with zero attached hydrogens (tertiary/aromatic N) is 1. The molecule has 1 fully saturated rings. The standard InChI is InChI=1S/C11H21NO4S/c1-5-6-7-9-8-15-17(14)12(9)10(13)16-11(2,3)4/h9H,5-8H2,1-4H3/t9-,17?/m0/s1. The Hall–Kier alpha value is -0.620. The molecule has 0 saturated carbocycles. The molecule has 0 radical (unpaired) electrons. The van der Waals surface area contributed by atoms with Gasteiger partial charge in [-0.05, 0) is 27.2 Å². The maximum Gasteiger partial charge on any atom is 0.424 e. The van der Waals surface area contributed by atoms with Crippen LogP contribution in [0.25, 0.3) is 0 Å². The number of unbranched alkanes of at least 4 members (excludes halogenated alkanes) is 1. The van der Waals surface area contributed by atoms with Crippen molar-refractivity contribution in [3.8, 4) is 0 Å². The average molecular weight is 263 g/mol. The van der Waals surface area contributed by atoms with Crippen LogP contribution in [0.2, 0.25) is 0 Å². The third-order valence-electron chi connectivity index (χ3n) is 2.32. The largest absolute Gasteiger partial charge is 0.443 e. The van der Waals surface area contributed by atoms with Crippen LogP contribution in [-0.4, -0.2) is 32.9 Å². The van der Waals surface area contributed by atoms with Gasteiger partial charge in [-0.3, -0.25) is 4.18 Å². The molecule has 6 heteroatoms. The molecule has 0 aromatic carbocycles. The quantitative estimate of drug-likeness (QED) is 0.784. The fourth-order valence-corrected chi connectivity index (χ4v) is 2.50. The summed E-state index contributed by atoms with van der Waals surface area (Å²) >= 11 is -1.70. The van der Waals surface area contributed by atoms with E-state index in [1.807, 2.05) is 0 Å². The van der Waals surface area contributed by atoms with Crippen LogP contribution in [0.15, 0.2) is 0 Å². The van der Waals surface area contributed by atoms with Crippen LogP contribution < -0.4 is 0 Å². The molecular weight excluding hydrogens is 242 g/mol. The fourth-order valence-electron chi connectivity index (χ4n) is 1.54. The van der Waals surface area contributed by atoms with Crippen molar-refractivity contribution in [1.29, 1.82) is 0 Å². The number of rotatable bonds is 3. The zero-order valence-corrected chi connectivity index (χ0v) is 11.7. The molecule has 1 heterocycles. The highest BCUT2D eigenvalue weighted by Crippen LogP contribution is 2.22. The minimum Gasteiger partial charge on any atom is -0.443 e. The Morgan fingerprint density at radius 2 is 2.18 bits per heavy atom. The van der Waals surface area contributed by atoms with Crippen molar-refractivity contribution in [2.45, 2.75) is 58.6 Å². The van der Waals surface area contributed by atoms with E-state index in [-0.39, 0.29) is 6.04 Å². The van der Waals surface area contributed by atoms with Gasteiger partial charge in [0.05, 0.1) is 12.6 Å². The van der Waals surface area contributed by atoms with Gasteiger partial charge in [-0.2, -0.15) is 4.31 Å². The fraction of sp³-hybridized carbons (Fsp3) is 0.909. The molecule has 0 aromatic rings. The monoisotopic (exact) mass is 263 g/mol. The van der Waals surface area contributed by atoms with Gasteiger partial charge < -0.3 is 4.74 Å². The molecule has 1 rings (SSSR count). The number of hydrogen-bond donors (Lipinski definition) is 0. The Bertz CT molecular complexity index is 300. The van der Waals surface area contributed by atoms with Crippen molar-refractivity contribution >= 4 is 17.4 Å². The molecule has 100 valence electrons. The molecule has 0 N–H and O–H groups in total. The highest BCUT2D eigenvalue weighted by atomic mass is 32.2. The van der Waals surface area contributed by atoms with Crippen molar-refractivity contribution in [2.24, 2.45) is 0 Å². The molecule has 1 saturated heterocycles. The molecule has 2 atom stereocenters. The van der Waals surface area contributed by atoms with E-state index in [1.165, 1.54) is 4.31 Å². The Balaban J connectivity index is 2.64. The van der Waals surface area contributed by atoms with E-state index < -0.39 is 23.0 Å². The van der Waals surface area contributed by atoms with Crippen LogP contribution in [0.5, 0.6) is 0 Å². The highest BCUT2D eigenvalue weighted by molar-refractivity contribution is 7.78. The molecule has 17 heavy (non-hydrogen) atoms. The molecular formula is C11H21NO4S. The lowest BCUT2D eigenvalue weighted by molar-refractivity contribution is 0.0357. The first-order chi connectivity index (χ1) is 7.85. The van der Waals surface area contributed by atoms with E-state index in [2.05, 4.69) is 6.92 Å². The predicted octanol–water partition coefficient (Wildman–Crippen LogP) is 2.39. The van der Waals surface area contributed by atoms with Crippen molar-refractivity contribution < 1.29 is 17.9 Å². The Morgan fingerprint density at radius 3 is 2.71 bits per heavy atom. The van der Waals surface area contributed by atoms with Crippen molar-refractivity contribution in [3.63, 3.8) is 0 Å². The summed E-state index contributed by atoms with van der Waals surface area (Å²) < 4.78 is 23.0. The van der Waals surface area contributed by atoms with Crippen LogP contribution in [0.1, 0.15) is 47.0 Å². The first kappa shape index (κ1) is 14.4. The second kappa shape index (κ2) is 5.82. The highest BCUT2D eigenvalue weighted by Gasteiger charge is 2.38. The second-order valence-corrected chi connectivity index (χ2v) is 6.17. The first-order valence-electron chi connectivity index (χ1n) is 5.92. The number of hydrogen-bond acceptors (Lipinski definition) is 4. The topological polar surface area (TPSA) is 55.8 Å². The summed E-state index contributed by atoms with van der Waals surface area (Å²) in [6, 6.07) is -0.134. The van der Waals surface area contributed by atoms with Crippen LogP contribution in [0, 0.1) is 0 Å². The zero-order valence-electron chi connectivity index (χ0n) is 10.9. The van der Waals surface area contributed by atoms with Crippen molar-refractivity contribution in [3.05, 3.63) is 0 Å². The Labute approximate surface area is 105 Å². The molecule has 0 spiro atoms. The van der Waals surface area contributed by atoms with Crippen LogP contribution in [-0.2, 0) is 20.2 Å². The lowest BCUT2D eigenvalue weighted by Gasteiger charge is -2.25. The number of ether oxygens (including phenoxy) is 1. The molecule has 0 aliphatic carbocycles. The van der Waals surface area contributed by atoms with Gasteiger partial charge in [0.15, 0.2) is 0 Å². The van der Waals surface area contributed by atoms with Gasteiger partial charge in [-0.25, -0.2) is 9.00 Å². The van der Waals surface area contributed by atoms with E-state index >= 15 is 0 Å². The average Bonchev–Trinajstić information content (AvgIpc) is 2.54. The summed E-state index contributed by atoms with van der Waals surface area (Å²) in [5, 5.41) is 0. The maximum atomic E-state index is 11.9. The summed E-state index contributed by atoms with van der Waals surface area (Å²) in [6.07, 6.45) is 2.24. The maximum absolute atomic E-state index is 11.9. The summed E-state index contributed by atoms with van der Waals surface area (Å²) in [7, 11) is 0. The summed E-state index contributed by atoms with van der Waals surface area (Å²) in [5.41, 5.74) is -0.584. The van der Waals surface area contributed by atoms with Crippen LogP contribution in [0.3, 0.4) is 0 Å². The molecule has 1 aliphatic heterocycles. The lowest BCUT2D eigenvalue weighted by Crippen LogP contribution is -2.40. The molecule has 1 amide bonds. The van der Waals surface area contributed by atoms with Gasteiger partial charge >= 0.3 is 6.09 Å². The molecule has 1 unspecified atom stereocenters. The smallest absolute Gasteiger partial charge is 0.424 e. The van der Waals surface area contributed by atoms with Gasteiger partial charge in [0.25, 0.3) is 11.3 Å². The molecule has 0 bridgehead atoms. The number of carbonyl (C=O) groups excluding carboxylic acids is 1. The second-order valence-electron chi connectivity index (χ2n) is 5.10. The van der Waals surface area contributed by atoms with E-state index in [0.717, 1.165) is 19.3 Å². The lowest BCUT2D eigenvalue weighted by atomic mass is 10.1. The summed E-state index contributed by atoms with van der Waals surface area (Å²) in [4.78, 5) is 11.9. The molecule has 0 aromatic heterocycles. The van der Waals surface area contributed by atoms with E-state index in [9.17, 15) is 9.00 Å². The van der Waals surface area contributed by atoms with Crippen LogP contribution in [0.4, 0.5) is 4.79 Å². The van der Waals surface area contributed by atoms with Crippen molar-refractivity contribution in [1.82, 2.24) is 4.31 Å². The third-order valence-corrected chi connectivity index (χ3v) is 3.42. The van der Waals surface area contributed by atoms with E-state index in [0.29, 0.717) is 6.61 Å².